The van der Waals surface area contributed by atoms with E-state index in [-0.39, 0.29) is 28.2 Å². The largest absolute Gasteiger partial charge is 0.338 e. The Kier molecular flexibility index (Phi) is 6.69. The average molecular weight is 476 g/mol. The first-order valence-corrected chi connectivity index (χ1v) is 10.7. The number of amides is 1. The molecule has 1 aliphatic rings. The number of hydrogen-bond acceptors (Lipinski definition) is 7. The fourth-order valence-corrected chi connectivity index (χ4v) is 3.98. The molecule has 32 heavy (non-hydrogen) atoms. The maximum absolute atomic E-state index is 12.8. The van der Waals surface area contributed by atoms with Crippen molar-refractivity contribution in [3.8, 4) is 11.4 Å². The zero-order valence-corrected chi connectivity index (χ0v) is 18.3. The minimum Gasteiger partial charge on any atom is -0.338 e. The number of nitrogens with zero attached hydrogens (tertiary/aromatic N) is 4. The van der Waals surface area contributed by atoms with Crippen LogP contribution in [-0.4, -0.2) is 39.0 Å². The maximum Gasteiger partial charge on any atom is 0.271 e. The summed E-state index contributed by atoms with van der Waals surface area (Å²) in [5.74, 6) is 0.369. The second-order valence-corrected chi connectivity index (χ2v) is 8.35. The summed E-state index contributed by atoms with van der Waals surface area (Å²) in [5.41, 5.74) is 0.852. The SMILES string of the molecule is O=C(Nc1cc([N+](=O)[O-])ccc1Cl)C1CCCN(Cc2nc(-c3cccc(Cl)c3)no2)C1. The minimum absolute atomic E-state index is 0.137. The molecule has 166 valence electrons. The van der Waals surface area contributed by atoms with Crippen molar-refractivity contribution in [3.63, 3.8) is 0 Å². The highest BCUT2D eigenvalue weighted by molar-refractivity contribution is 6.33. The number of piperidine rings is 1. The summed E-state index contributed by atoms with van der Waals surface area (Å²) in [7, 11) is 0. The number of non-ortho nitro benzene ring substituents is 1. The highest BCUT2D eigenvalue weighted by atomic mass is 35.5. The molecule has 2 heterocycles. The molecule has 1 N–H and O–H groups in total. The normalized spacial score (nSPS) is 16.6. The van der Waals surface area contributed by atoms with Crippen molar-refractivity contribution in [2.75, 3.05) is 18.4 Å². The van der Waals surface area contributed by atoms with E-state index in [0.29, 0.717) is 36.2 Å². The van der Waals surface area contributed by atoms with Crippen molar-refractivity contribution in [2.45, 2.75) is 19.4 Å². The van der Waals surface area contributed by atoms with Gasteiger partial charge in [-0.05, 0) is 37.6 Å². The van der Waals surface area contributed by atoms with Gasteiger partial charge in [0.05, 0.1) is 28.1 Å². The summed E-state index contributed by atoms with van der Waals surface area (Å²) in [6.45, 7) is 1.69. The number of benzene rings is 2. The standard InChI is InChI=1S/C21H19Cl2N5O4/c22-15-5-1-3-13(9-15)20-25-19(32-26-20)12-27-8-2-4-14(11-27)21(29)24-18-10-16(28(30)31)6-7-17(18)23/h1,3,5-7,9-10,14H,2,4,8,11-12H2,(H,24,29). The number of carbonyl (C=O) groups excluding carboxylic acids is 1. The van der Waals surface area contributed by atoms with Crippen molar-refractivity contribution in [3.05, 3.63) is 68.5 Å². The lowest BCUT2D eigenvalue weighted by Gasteiger charge is -2.30. The molecule has 1 atom stereocenters. The van der Waals surface area contributed by atoms with E-state index >= 15 is 0 Å². The average Bonchev–Trinajstić information content (AvgIpc) is 3.24. The van der Waals surface area contributed by atoms with Gasteiger partial charge in [0.15, 0.2) is 0 Å². The van der Waals surface area contributed by atoms with Gasteiger partial charge >= 0.3 is 0 Å². The number of aromatic nitrogens is 2. The third-order valence-corrected chi connectivity index (χ3v) is 5.77. The Balaban J connectivity index is 1.39. The lowest BCUT2D eigenvalue weighted by Crippen LogP contribution is -2.40. The number of rotatable bonds is 6. The van der Waals surface area contributed by atoms with Crippen molar-refractivity contribution < 1.29 is 14.2 Å². The molecule has 0 spiro atoms. The summed E-state index contributed by atoms with van der Waals surface area (Å²) in [6, 6.07) is 11.1. The highest BCUT2D eigenvalue weighted by Crippen LogP contribution is 2.28. The summed E-state index contributed by atoms with van der Waals surface area (Å²) in [6.07, 6.45) is 1.52. The number of nitrogens with one attached hydrogen (secondary N) is 1. The van der Waals surface area contributed by atoms with E-state index in [1.54, 1.807) is 12.1 Å². The highest BCUT2D eigenvalue weighted by Gasteiger charge is 2.27. The predicted octanol–water partition coefficient (Wildman–Crippen LogP) is 4.80. The van der Waals surface area contributed by atoms with Crippen LogP contribution in [-0.2, 0) is 11.3 Å². The molecule has 1 aromatic heterocycles. The van der Waals surface area contributed by atoms with Gasteiger partial charge in [-0.3, -0.25) is 19.8 Å². The molecule has 0 aliphatic carbocycles. The Morgan fingerprint density at radius 2 is 2.12 bits per heavy atom. The quantitative estimate of drug-likeness (QED) is 0.401. The molecule has 11 heteroatoms. The first-order chi connectivity index (χ1) is 15.4. The Labute approximate surface area is 193 Å². The number of halogens is 2. The van der Waals surface area contributed by atoms with Crippen molar-refractivity contribution >= 4 is 40.5 Å². The number of anilines is 1. The van der Waals surface area contributed by atoms with Crippen LogP contribution < -0.4 is 5.32 Å². The molecule has 0 bridgehead atoms. The van der Waals surface area contributed by atoms with E-state index in [1.165, 1.54) is 18.2 Å². The third kappa shape index (κ3) is 5.24. The molecule has 1 unspecified atom stereocenters. The lowest BCUT2D eigenvalue weighted by molar-refractivity contribution is -0.384. The van der Waals surface area contributed by atoms with Gasteiger partial charge in [-0.1, -0.05) is 40.5 Å². The van der Waals surface area contributed by atoms with Crippen LogP contribution in [0.4, 0.5) is 11.4 Å². The Morgan fingerprint density at radius 3 is 2.91 bits per heavy atom. The van der Waals surface area contributed by atoms with Crippen LogP contribution >= 0.6 is 23.2 Å². The molecule has 1 saturated heterocycles. The maximum atomic E-state index is 12.8. The number of nitro groups is 1. The van der Waals surface area contributed by atoms with Crippen LogP contribution in [0.2, 0.25) is 10.0 Å². The van der Waals surface area contributed by atoms with Crippen molar-refractivity contribution in [2.24, 2.45) is 5.92 Å². The number of likely N-dealkylation sites (tertiary alicyclic amines) is 1. The molecule has 1 aliphatic heterocycles. The van der Waals surface area contributed by atoms with Crippen molar-refractivity contribution in [1.82, 2.24) is 15.0 Å². The van der Waals surface area contributed by atoms with E-state index in [0.717, 1.165) is 18.5 Å². The topological polar surface area (TPSA) is 114 Å². The third-order valence-electron chi connectivity index (χ3n) is 5.20. The Bertz CT molecular complexity index is 1150. The number of nitro benzene ring substituents is 1. The molecule has 3 aromatic rings. The Morgan fingerprint density at radius 1 is 1.28 bits per heavy atom. The molecule has 0 saturated carbocycles. The summed E-state index contributed by atoms with van der Waals surface area (Å²) in [5, 5.41) is 18.6. The van der Waals surface area contributed by atoms with Crippen LogP contribution in [0.15, 0.2) is 47.0 Å². The first-order valence-electron chi connectivity index (χ1n) is 9.95. The fourth-order valence-electron chi connectivity index (χ4n) is 3.63. The van der Waals surface area contributed by atoms with Gasteiger partial charge < -0.3 is 9.84 Å². The van der Waals surface area contributed by atoms with Gasteiger partial charge in [0.2, 0.25) is 17.6 Å². The van der Waals surface area contributed by atoms with Gasteiger partial charge in [-0.15, -0.1) is 0 Å². The van der Waals surface area contributed by atoms with Crippen LogP contribution in [0.25, 0.3) is 11.4 Å². The zero-order chi connectivity index (χ0) is 22.7. The second kappa shape index (κ2) is 9.64. The summed E-state index contributed by atoms with van der Waals surface area (Å²) >= 11 is 12.1. The number of hydrogen-bond donors (Lipinski definition) is 1. The Hall–Kier alpha value is -3.01. The molecule has 4 rings (SSSR count). The van der Waals surface area contributed by atoms with Crippen LogP contribution in [0, 0.1) is 16.0 Å². The van der Waals surface area contributed by atoms with Crippen LogP contribution in [0.5, 0.6) is 0 Å². The first kappa shape index (κ1) is 22.2. The van der Waals surface area contributed by atoms with E-state index in [1.807, 2.05) is 12.1 Å². The van der Waals surface area contributed by atoms with Crippen molar-refractivity contribution in [1.29, 1.82) is 0 Å². The smallest absolute Gasteiger partial charge is 0.271 e. The molecule has 2 aromatic carbocycles. The molecular weight excluding hydrogens is 457 g/mol. The van der Waals surface area contributed by atoms with Gasteiger partial charge in [0, 0.05) is 29.3 Å². The molecule has 1 fully saturated rings. The van der Waals surface area contributed by atoms with E-state index < -0.39 is 4.92 Å². The minimum atomic E-state index is -0.531. The van der Waals surface area contributed by atoms with E-state index in [4.69, 9.17) is 27.7 Å². The van der Waals surface area contributed by atoms with Crippen LogP contribution in [0.1, 0.15) is 18.7 Å². The zero-order valence-electron chi connectivity index (χ0n) is 16.8. The fraction of sp³-hybridized carbons (Fsp3) is 0.286. The van der Waals surface area contributed by atoms with Gasteiger partial charge in [-0.25, -0.2) is 0 Å². The van der Waals surface area contributed by atoms with E-state index in [2.05, 4.69) is 20.4 Å². The lowest BCUT2D eigenvalue weighted by atomic mass is 9.97. The second-order valence-electron chi connectivity index (χ2n) is 7.51. The summed E-state index contributed by atoms with van der Waals surface area (Å²) < 4.78 is 5.38. The predicted molar refractivity (Wildman–Crippen MR) is 119 cm³/mol. The molecular formula is C21H19Cl2N5O4. The van der Waals surface area contributed by atoms with Gasteiger partial charge in [-0.2, -0.15) is 4.98 Å². The van der Waals surface area contributed by atoms with E-state index in [9.17, 15) is 14.9 Å². The van der Waals surface area contributed by atoms with Gasteiger partial charge in [0.1, 0.15) is 0 Å². The molecule has 1 amide bonds. The molecule has 0 radical (unpaired) electrons. The van der Waals surface area contributed by atoms with Gasteiger partial charge in [0.25, 0.3) is 5.69 Å². The molecule has 9 nitrogen and oxygen atoms in total. The monoisotopic (exact) mass is 475 g/mol. The number of carbonyl (C=O) groups is 1. The van der Waals surface area contributed by atoms with Crippen LogP contribution in [0.3, 0.4) is 0 Å². The summed E-state index contributed by atoms with van der Waals surface area (Å²) in [4.78, 5) is 29.8.